The Balaban J connectivity index is 1.88. The topological polar surface area (TPSA) is 67.0 Å². The molecule has 0 radical (unpaired) electrons. The van der Waals surface area contributed by atoms with Crippen molar-refractivity contribution in [2.24, 2.45) is 0 Å². The third-order valence-electron chi connectivity index (χ3n) is 4.18. The van der Waals surface area contributed by atoms with E-state index in [9.17, 15) is 10.1 Å². The Hall–Kier alpha value is -3.78. The number of amides is 1. The summed E-state index contributed by atoms with van der Waals surface area (Å²) >= 11 is 0. The molecule has 0 atom stereocenters. The number of para-hydroxylation sites is 1. The van der Waals surface area contributed by atoms with Gasteiger partial charge in [0.05, 0.1) is 7.11 Å². The van der Waals surface area contributed by atoms with Crippen molar-refractivity contribution in [3.63, 3.8) is 0 Å². The Labute approximate surface area is 158 Å². The fourth-order valence-corrected chi connectivity index (χ4v) is 2.69. The van der Waals surface area contributed by atoms with Gasteiger partial charge in [0, 0.05) is 23.3 Å². The third kappa shape index (κ3) is 4.07. The van der Waals surface area contributed by atoms with Crippen LogP contribution in [-0.4, -0.2) is 17.6 Å². The lowest BCUT2D eigenvalue weighted by atomic mass is 10.1. The second-order valence-electron chi connectivity index (χ2n) is 5.94. The van der Waals surface area contributed by atoms with Crippen LogP contribution < -0.4 is 10.1 Å². The maximum Gasteiger partial charge on any atom is 0.266 e. The van der Waals surface area contributed by atoms with Gasteiger partial charge >= 0.3 is 0 Å². The highest BCUT2D eigenvalue weighted by Crippen LogP contribution is 2.20. The number of carbonyl (C=O) groups is 1. The molecule has 0 bridgehead atoms. The number of benzene rings is 2. The van der Waals surface area contributed by atoms with E-state index in [0.29, 0.717) is 5.69 Å². The van der Waals surface area contributed by atoms with Gasteiger partial charge in [0.2, 0.25) is 0 Å². The summed E-state index contributed by atoms with van der Waals surface area (Å²) in [5, 5.41) is 12.3. The number of nitrogens with zero attached hydrogens (tertiary/aromatic N) is 2. The molecule has 5 nitrogen and oxygen atoms in total. The molecule has 1 N–H and O–H groups in total. The minimum Gasteiger partial charge on any atom is -0.497 e. The van der Waals surface area contributed by atoms with Gasteiger partial charge in [-0.25, -0.2) is 0 Å². The van der Waals surface area contributed by atoms with Crippen molar-refractivity contribution < 1.29 is 9.53 Å². The number of hydrogen-bond donors (Lipinski definition) is 1. The minimum absolute atomic E-state index is 0.0340. The normalized spacial score (nSPS) is 10.9. The first-order chi connectivity index (χ1) is 13.1. The summed E-state index contributed by atoms with van der Waals surface area (Å²) < 4.78 is 7.08. The van der Waals surface area contributed by atoms with E-state index in [1.54, 1.807) is 13.2 Å². The molecule has 0 aliphatic carbocycles. The van der Waals surface area contributed by atoms with Crippen molar-refractivity contribution in [3.05, 3.63) is 83.7 Å². The molecular formula is C22H19N3O2. The second-order valence-corrected chi connectivity index (χ2v) is 5.94. The highest BCUT2D eigenvalue weighted by atomic mass is 16.5. The fraction of sp³-hybridized carbons (Fsp3) is 0.0909. The molecule has 0 aliphatic rings. The lowest BCUT2D eigenvalue weighted by Crippen LogP contribution is -2.14. The lowest BCUT2D eigenvalue weighted by molar-refractivity contribution is -0.112. The predicted molar refractivity (Wildman–Crippen MR) is 106 cm³/mol. The van der Waals surface area contributed by atoms with Crippen LogP contribution >= 0.6 is 0 Å². The average molecular weight is 357 g/mol. The molecule has 1 heterocycles. The maximum atomic E-state index is 12.5. The van der Waals surface area contributed by atoms with Crippen LogP contribution in [0.3, 0.4) is 0 Å². The van der Waals surface area contributed by atoms with Crippen molar-refractivity contribution in [2.45, 2.75) is 6.92 Å². The number of anilines is 1. The summed E-state index contributed by atoms with van der Waals surface area (Å²) in [7, 11) is 1.62. The predicted octanol–water partition coefficient (Wildman–Crippen LogP) is 4.34. The molecule has 0 spiro atoms. The molecule has 0 fully saturated rings. The Kier molecular flexibility index (Phi) is 5.38. The Morgan fingerprint density at radius 3 is 2.52 bits per heavy atom. The molecule has 0 saturated heterocycles. The molecule has 3 aromatic rings. The average Bonchev–Trinajstić information content (AvgIpc) is 3.16. The van der Waals surface area contributed by atoms with Gasteiger partial charge in [0.25, 0.3) is 5.91 Å². The standard InChI is InChI=1S/C22H19N3O2/c1-16-6-3-4-8-21(16)24-22(26)17(15-23)14-19-7-5-13-25(19)18-9-11-20(27-2)12-10-18/h3-14H,1-2H3,(H,24,26)/b17-14-. The van der Waals surface area contributed by atoms with Crippen LogP contribution in [0.25, 0.3) is 11.8 Å². The van der Waals surface area contributed by atoms with Gasteiger partial charge in [-0.1, -0.05) is 18.2 Å². The van der Waals surface area contributed by atoms with Gasteiger partial charge in [0.15, 0.2) is 0 Å². The van der Waals surface area contributed by atoms with Gasteiger partial charge < -0.3 is 14.6 Å². The Bertz CT molecular complexity index is 1020. The monoisotopic (exact) mass is 357 g/mol. The summed E-state index contributed by atoms with van der Waals surface area (Å²) in [5.74, 6) is 0.326. The number of rotatable bonds is 5. The summed E-state index contributed by atoms with van der Waals surface area (Å²) in [4.78, 5) is 12.5. The zero-order valence-electron chi connectivity index (χ0n) is 15.1. The highest BCUT2D eigenvalue weighted by Gasteiger charge is 2.12. The first-order valence-corrected chi connectivity index (χ1v) is 8.43. The number of ether oxygens (including phenoxy) is 1. The molecule has 2 aromatic carbocycles. The van der Waals surface area contributed by atoms with Crippen LogP contribution in [-0.2, 0) is 4.79 Å². The first kappa shape index (κ1) is 18.0. The van der Waals surface area contributed by atoms with E-state index in [4.69, 9.17) is 4.74 Å². The number of nitriles is 1. The van der Waals surface area contributed by atoms with Crippen molar-refractivity contribution in [3.8, 4) is 17.5 Å². The van der Waals surface area contributed by atoms with E-state index in [-0.39, 0.29) is 5.57 Å². The van der Waals surface area contributed by atoms with Gasteiger partial charge in [0.1, 0.15) is 17.4 Å². The van der Waals surface area contributed by atoms with E-state index in [0.717, 1.165) is 22.7 Å². The molecule has 5 heteroatoms. The minimum atomic E-state index is -0.436. The van der Waals surface area contributed by atoms with Crippen molar-refractivity contribution in [1.82, 2.24) is 4.57 Å². The quantitative estimate of drug-likeness (QED) is 0.545. The van der Waals surface area contributed by atoms with Gasteiger partial charge in [-0.05, 0) is 61.0 Å². The number of methoxy groups -OCH3 is 1. The second kappa shape index (κ2) is 8.07. The van der Waals surface area contributed by atoms with Gasteiger partial charge in [-0.15, -0.1) is 0 Å². The zero-order valence-corrected chi connectivity index (χ0v) is 15.1. The van der Waals surface area contributed by atoms with Crippen LogP contribution in [0.1, 0.15) is 11.3 Å². The van der Waals surface area contributed by atoms with Crippen molar-refractivity contribution >= 4 is 17.7 Å². The summed E-state index contributed by atoms with van der Waals surface area (Å²) in [6, 6.07) is 20.7. The van der Waals surface area contributed by atoms with Crippen LogP contribution in [0, 0.1) is 18.3 Å². The molecular weight excluding hydrogens is 338 g/mol. The molecule has 3 rings (SSSR count). The van der Waals surface area contributed by atoms with Gasteiger partial charge in [-0.3, -0.25) is 4.79 Å². The third-order valence-corrected chi connectivity index (χ3v) is 4.18. The Morgan fingerprint density at radius 1 is 1.11 bits per heavy atom. The lowest BCUT2D eigenvalue weighted by Gasteiger charge is -2.09. The first-order valence-electron chi connectivity index (χ1n) is 8.43. The largest absolute Gasteiger partial charge is 0.497 e. The molecule has 27 heavy (non-hydrogen) atoms. The molecule has 1 aromatic heterocycles. The Morgan fingerprint density at radius 2 is 1.85 bits per heavy atom. The van der Waals surface area contributed by atoms with E-state index < -0.39 is 5.91 Å². The van der Waals surface area contributed by atoms with E-state index >= 15 is 0 Å². The highest BCUT2D eigenvalue weighted by molar-refractivity contribution is 6.09. The summed E-state index contributed by atoms with van der Waals surface area (Å²) in [6.07, 6.45) is 3.46. The number of aryl methyl sites for hydroxylation is 1. The van der Waals surface area contributed by atoms with Gasteiger partial charge in [-0.2, -0.15) is 5.26 Å². The van der Waals surface area contributed by atoms with Crippen molar-refractivity contribution in [2.75, 3.05) is 12.4 Å². The number of aromatic nitrogens is 1. The van der Waals surface area contributed by atoms with Crippen LogP contribution in [0.2, 0.25) is 0 Å². The number of nitrogens with one attached hydrogen (secondary N) is 1. The molecule has 0 unspecified atom stereocenters. The van der Waals surface area contributed by atoms with Crippen molar-refractivity contribution in [1.29, 1.82) is 5.26 Å². The zero-order chi connectivity index (χ0) is 19.2. The summed E-state index contributed by atoms with van der Waals surface area (Å²) in [6.45, 7) is 1.90. The van der Waals surface area contributed by atoms with E-state index in [2.05, 4.69) is 5.32 Å². The summed E-state index contributed by atoms with van der Waals surface area (Å²) in [5.41, 5.74) is 3.30. The van der Waals surface area contributed by atoms with E-state index in [1.807, 2.05) is 84.4 Å². The molecule has 0 aliphatic heterocycles. The molecule has 1 amide bonds. The number of hydrogen-bond acceptors (Lipinski definition) is 3. The van der Waals surface area contributed by atoms with Crippen LogP contribution in [0.15, 0.2) is 72.4 Å². The smallest absolute Gasteiger partial charge is 0.266 e. The fourth-order valence-electron chi connectivity index (χ4n) is 2.69. The molecule has 0 saturated carbocycles. The van der Waals surface area contributed by atoms with E-state index in [1.165, 1.54) is 0 Å². The van der Waals surface area contributed by atoms with Crippen LogP contribution in [0.4, 0.5) is 5.69 Å². The molecule has 134 valence electrons. The number of carbonyl (C=O) groups excluding carboxylic acids is 1. The SMILES string of the molecule is COc1ccc(-n2cccc2/C=C(/C#N)C(=O)Nc2ccccc2C)cc1. The van der Waals surface area contributed by atoms with Crippen LogP contribution in [0.5, 0.6) is 5.75 Å². The maximum absolute atomic E-state index is 12.5.